The first kappa shape index (κ1) is 22.5. The Labute approximate surface area is 205 Å². The molecule has 6 N–H and O–H groups in total. The third kappa shape index (κ3) is 3.76. The average molecular weight is 476 g/mol. The van der Waals surface area contributed by atoms with Crippen molar-refractivity contribution in [1.29, 1.82) is 0 Å². The van der Waals surface area contributed by atoms with Gasteiger partial charge in [-0.3, -0.25) is 19.2 Å². The monoisotopic (exact) mass is 476 g/mol. The van der Waals surface area contributed by atoms with Crippen molar-refractivity contribution in [2.45, 2.75) is 0 Å². The number of ketones is 2. The highest BCUT2D eigenvalue weighted by molar-refractivity contribution is 6.35. The van der Waals surface area contributed by atoms with Gasteiger partial charge in [0.25, 0.3) is 11.8 Å². The van der Waals surface area contributed by atoms with E-state index in [9.17, 15) is 19.2 Å². The molecule has 1 aliphatic rings. The Kier molecular flexibility index (Phi) is 5.54. The zero-order valence-corrected chi connectivity index (χ0v) is 18.9. The van der Waals surface area contributed by atoms with Crippen LogP contribution in [0.25, 0.3) is 0 Å². The molecule has 0 aliphatic heterocycles. The van der Waals surface area contributed by atoms with E-state index in [1.807, 2.05) is 0 Å². The van der Waals surface area contributed by atoms with Crippen LogP contribution in [0, 0.1) is 0 Å². The summed E-state index contributed by atoms with van der Waals surface area (Å²) in [5, 5.41) is 5.42. The van der Waals surface area contributed by atoms with Crippen molar-refractivity contribution >= 4 is 46.1 Å². The van der Waals surface area contributed by atoms with Crippen LogP contribution in [-0.4, -0.2) is 23.4 Å². The van der Waals surface area contributed by atoms with Crippen LogP contribution in [0.15, 0.2) is 84.9 Å². The van der Waals surface area contributed by atoms with Crippen LogP contribution in [0.1, 0.15) is 52.6 Å². The van der Waals surface area contributed by atoms with E-state index in [2.05, 4.69) is 10.6 Å². The van der Waals surface area contributed by atoms with Gasteiger partial charge in [0.15, 0.2) is 11.6 Å². The Morgan fingerprint density at radius 1 is 0.500 bits per heavy atom. The van der Waals surface area contributed by atoms with Gasteiger partial charge in [-0.05, 0) is 48.5 Å². The summed E-state index contributed by atoms with van der Waals surface area (Å²) in [6.07, 6.45) is 0. The van der Waals surface area contributed by atoms with Gasteiger partial charge in [-0.2, -0.15) is 0 Å². The lowest BCUT2D eigenvalue weighted by Gasteiger charge is -2.25. The maximum Gasteiger partial charge on any atom is 0.255 e. The number of carbonyl (C=O) groups excluding carboxylic acids is 4. The summed E-state index contributed by atoms with van der Waals surface area (Å²) in [4.78, 5) is 53.1. The lowest BCUT2D eigenvalue weighted by molar-refractivity contribution is 0.0979. The van der Waals surface area contributed by atoms with Gasteiger partial charge in [0.05, 0.1) is 33.6 Å². The van der Waals surface area contributed by atoms with Crippen LogP contribution in [0.3, 0.4) is 0 Å². The molecule has 0 heterocycles. The van der Waals surface area contributed by atoms with E-state index in [0.29, 0.717) is 11.1 Å². The van der Waals surface area contributed by atoms with E-state index in [0.717, 1.165) is 0 Å². The molecular formula is C28H20N4O4. The third-order valence-electron chi connectivity index (χ3n) is 5.95. The van der Waals surface area contributed by atoms with Crippen LogP contribution in [0.4, 0.5) is 22.7 Å². The summed E-state index contributed by atoms with van der Waals surface area (Å²) in [5.74, 6) is -2.08. The first-order chi connectivity index (χ1) is 17.4. The van der Waals surface area contributed by atoms with Crippen molar-refractivity contribution in [1.82, 2.24) is 0 Å². The van der Waals surface area contributed by atoms with Gasteiger partial charge in [-0.1, -0.05) is 36.4 Å². The number of fused-ring (bicyclic) bond motifs is 2. The second kappa shape index (κ2) is 8.84. The molecule has 2 amide bonds. The minimum Gasteiger partial charge on any atom is -0.398 e. The molecule has 0 atom stereocenters. The molecule has 0 radical (unpaired) electrons. The zero-order valence-electron chi connectivity index (χ0n) is 18.9. The summed E-state index contributed by atoms with van der Waals surface area (Å²) in [6.45, 7) is 0. The molecule has 0 saturated heterocycles. The maximum atomic E-state index is 13.9. The standard InChI is InChI=1S/C28H20N4O4/c29-17-11-13-19(31-27(35)15-7-3-1-4-8-15)23-21(17)25(33)22-18(30)12-14-20(24(22)26(23)34)32-28(36)16-9-5-2-6-10-16/h1-14H,29-30H2,(H,31,35)(H,32,36). The maximum absolute atomic E-state index is 13.9. The molecular weight excluding hydrogens is 456 g/mol. The minimum absolute atomic E-state index is 0.0448. The van der Waals surface area contributed by atoms with Crippen LogP contribution in [-0.2, 0) is 0 Å². The number of hydrogen-bond acceptors (Lipinski definition) is 6. The fourth-order valence-corrected chi connectivity index (χ4v) is 4.22. The van der Waals surface area contributed by atoms with Gasteiger partial charge in [-0.15, -0.1) is 0 Å². The van der Waals surface area contributed by atoms with Crippen molar-refractivity contribution in [3.63, 3.8) is 0 Å². The van der Waals surface area contributed by atoms with Gasteiger partial charge in [0, 0.05) is 22.5 Å². The van der Waals surface area contributed by atoms with Crippen LogP contribution >= 0.6 is 0 Å². The molecule has 8 heteroatoms. The molecule has 176 valence electrons. The van der Waals surface area contributed by atoms with E-state index < -0.39 is 23.4 Å². The van der Waals surface area contributed by atoms with Gasteiger partial charge < -0.3 is 22.1 Å². The highest BCUT2D eigenvalue weighted by atomic mass is 16.2. The van der Waals surface area contributed by atoms with E-state index in [1.54, 1.807) is 60.7 Å². The minimum atomic E-state index is -0.592. The van der Waals surface area contributed by atoms with Gasteiger partial charge in [-0.25, -0.2) is 0 Å². The molecule has 4 aromatic rings. The Morgan fingerprint density at radius 3 is 1.25 bits per heavy atom. The number of benzene rings is 4. The molecule has 36 heavy (non-hydrogen) atoms. The molecule has 0 unspecified atom stereocenters. The van der Waals surface area contributed by atoms with E-state index >= 15 is 0 Å². The zero-order chi connectivity index (χ0) is 25.4. The number of carbonyl (C=O) groups is 4. The number of nitrogen functional groups attached to an aromatic ring is 2. The molecule has 0 bridgehead atoms. The summed E-state index contributed by atoms with van der Waals surface area (Å²) in [5.41, 5.74) is 13.2. The first-order valence-electron chi connectivity index (χ1n) is 11.0. The predicted molar refractivity (Wildman–Crippen MR) is 137 cm³/mol. The number of anilines is 4. The van der Waals surface area contributed by atoms with Crippen LogP contribution in [0.5, 0.6) is 0 Å². The number of hydrogen-bond donors (Lipinski definition) is 4. The third-order valence-corrected chi connectivity index (χ3v) is 5.95. The Morgan fingerprint density at radius 2 is 0.861 bits per heavy atom. The van der Waals surface area contributed by atoms with E-state index in [-0.39, 0.29) is 45.0 Å². The molecule has 0 saturated carbocycles. The summed E-state index contributed by atoms with van der Waals surface area (Å²) >= 11 is 0. The summed E-state index contributed by atoms with van der Waals surface area (Å²) in [7, 11) is 0. The lowest BCUT2D eigenvalue weighted by Crippen LogP contribution is -2.28. The molecule has 0 fully saturated rings. The molecule has 0 aromatic heterocycles. The Bertz CT molecular complexity index is 1450. The number of nitrogens with two attached hydrogens (primary N) is 2. The van der Waals surface area contributed by atoms with E-state index in [1.165, 1.54) is 24.3 Å². The van der Waals surface area contributed by atoms with Gasteiger partial charge in [0.2, 0.25) is 0 Å². The largest absolute Gasteiger partial charge is 0.398 e. The van der Waals surface area contributed by atoms with Crippen LogP contribution < -0.4 is 22.1 Å². The Balaban J connectivity index is 1.61. The van der Waals surface area contributed by atoms with Crippen molar-refractivity contribution in [2.24, 2.45) is 0 Å². The topological polar surface area (TPSA) is 144 Å². The van der Waals surface area contributed by atoms with Crippen molar-refractivity contribution in [2.75, 3.05) is 22.1 Å². The predicted octanol–water partition coefficient (Wildman–Crippen LogP) is 4.13. The molecule has 8 nitrogen and oxygen atoms in total. The molecule has 5 rings (SSSR count). The molecule has 0 spiro atoms. The first-order valence-corrected chi connectivity index (χ1v) is 11.0. The highest BCUT2D eigenvalue weighted by Crippen LogP contribution is 2.40. The summed E-state index contributed by atoms with van der Waals surface area (Å²) in [6, 6.07) is 22.7. The molecule has 4 aromatic carbocycles. The molecule has 1 aliphatic carbocycles. The van der Waals surface area contributed by atoms with Crippen LogP contribution in [0.2, 0.25) is 0 Å². The van der Waals surface area contributed by atoms with Crippen molar-refractivity contribution in [3.05, 3.63) is 118 Å². The lowest BCUT2D eigenvalue weighted by atomic mass is 9.80. The van der Waals surface area contributed by atoms with E-state index in [4.69, 9.17) is 11.5 Å². The average Bonchev–Trinajstić information content (AvgIpc) is 2.90. The number of rotatable bonds is 4. The SMILES string of the molecule is Nc1ccc(NC(=O)c2ccccc2)c2c1C(=O)c1c(N)ccc(NC(=O)c3ccccc3)c1C2=O. The van der Waals surface area contributed by atoms with Gasteiger partial charge >= 0.3 is 0 Å². The van der Waals surface area contributed by atoms with Gasteiger partial charge in [0.1, 0.15) is 0 Å². The fourth-order valence-electron chi connectivity index (χ4n) is 4.22. The smallest absolute Gasteiger partial charge is 0.255 e. The number of amides is 2. The quantitative estimate of drug-likeness (QED) is 0.287. The fraction of sp³-hybridized carbons (Fsp3) is 0. The Hall–Kier alpha value is -5.24. The van der Waals surface area contributed by atoms with Crippen molar-refractivity contribution < 1.29 is 19.2 Å². The second-order valence-electron chi connectivity index (χ2n) is 8.20. The van der Waals surface area contributed by atoms with Crippen molar-refractivity contribution in [3.8, 4) is 0 Å². The second-order valence-corrected chi connectivity index (χ2v) is 8.20. The summed E-state index contributed by atoms with van der Waals surface area (Å²) < 4.78 is 0. The normalized spacial score (nSPS) is 11.9. The number of nitrogens with one attached hydrogen (secondary N) is 2. The highest BCUT2D eigenvalue weighted by Gasteiger charge is 2.37.